The van der Waals surface area contributed by atoms with Crippen LogP contribution in [0.2, 0.25) is 0 Å². The van der Waals surface area contributed by atoms with E-state index in [4.69, 9.17) is 4.42 Å². The number of aromatic amines is 1. The maximum Gasteiger partial charge on any atom is 0.142 e. The predicted molar refractivity (Wildman–Crippen MR) is 232 cm³/mol. The van der Waals surface area contributed by atoms with Gasteiger partial charge in [0.25, 0.3) is 0 Å². The fourth-order valence-electron chi connectivity index (χ4n) is 7.74. The predicted octanol–water partition coefficient (Wildman–Crippen LogP) is 13.5. The number of nitrogens with one attached hydrogen (secondary N) is 1. The molecule has 2 nitrogen and oxygen atoms in total. The first-order valence-corrected chi connectivity index (χ1v) is 19.0. The first-order valence-electron chi connectivity index (χ1n) is 18.1. The molecule has 53 heavy (non-hydrogen) atoms. The summed E-state index contributed by atoms with van der Waals surface area (Å²) in [5.41, 5.74) is 13.0. The molecule has 0 fully saturated rings. The highest BCUT2D eigenvalue weighted by Gasteiger charge is 2.15. The van der Waals surface area contributed by atoms with Crippen molar-refractivity contribution in [2.45, 2.75) is 13.8 Å². The fourth-order valence-corrected chi connectivity index (χ4v) is 8.87. The van der Waals surface area contributed by atoms with Crippen LogP contribution in [0, 0.1) is 0 Å². The van der Waals surface area contributed by atoms with Crippen LogP contribution in [0.25, 0.3) is 98.5 Å². The number of thiophene rings is 1. The number of aromatic nitrogens is 1. The third-order valence-corrected chi connectivity index (χ3v) is 11.3. The van der Waals surface area contributed by atoms with Gasteiger partial charge in [0.05, 0.1) is 5.52 Å². The molecule has 10 aromatic rings. The molecule has 0 aliphatic rings. The highest BCUT2D eigenvalue weighted by atomic mass is 32.1. The molecule has 7 aromatic carbocycles. The molecule has 3 heteroatoms. The number of furan rings is 1. The number of fused-ring (bicyclic) bond motifs is 7. The van der Waals surface area contributed by atoms with Crippen molar-refractivity contribution in [3.8, 4) is 33.4 Å². The van der Waals surface area contributed by atoms with Crippen molar-refractivity contribution in [2.24, 2.45) is 0 Å². The van der Waals surface area contributed by atoms with Gasteiger partial charge in [-0.05, 0) is 75.8 Å². The summed E-state index contributed by atoms with van der Waals surface area (Å²) in [7, 11) is 0. The van der Waals surface area contributed by atoms with E-state index in [-0.39, 0.29) is 1.43 Å². The average molecular weight is 702 g/mol. The van der Waals surface area contributed by atoms with Crippen LogP contribution in [0.3, 0.4) is 0 Å². The van der Waals surface area contributed by atoms with E-state index in [9.17, 15) is 0 Å². The largest absolute Gasteiger partial charge is 0.455 e. The monoisotopic (exact) mass is 701 g/mol. The van der Waals surface area contributed by atoms with Crippen LogP contribution in [0.4, 0.5) is 0 Å². The zero-order valence-corrected chi connectivity index (χ0v) is 30.6. The van der Waals surface area contributed by atoms with Crippen LogP contribution in [0.15, 0.2) is 169 Å². The lowest BCUT2D eigenvalue weighted by atomic mass is 9.94. The standard InChI is InChI=1S/C48H31NOS.C2H6.H2/c1-3-35(48-29(2)36-16-4-6-21-43(36)50-48)34-24-25-42-41(28-34)39-20-10-19-38(47(39)49-42)33-15-9-13-31(27-33)30-12-8-14-32(26-30)37-18-11-23-45-46(37)40-17-5-7-22-44(40)51-45;1-2;/h3-28,49H,1-2H2;1-2H3;1H/b48-35-;;. The van der Waals surface area contributed by atoms with Crippen LogP contribution in [-0.2, 0) is 0 Å². The molecule has 0 aliphatic heterocycles. The quantitative estimate of drug-likeness (QED) is 0.190. The Bertz CT molecular complexity index is 3140. The lowest BCUT2D eigenvalue weighted by Crippen LogP contribution is -2.21. The molecule has 0 bridgehead atoms. The molecule has 0 saturated carbocycles. The minimum absolute atomic E-state index is 0. The van der Waals surface area contributed by atoms with Crippen molar-refractivity contribution in [1.82, 2.24) is 4.98 Å². The number of hydrogen-bond acceptors (Lipinski definition) is 2. The van der Waals surface area contributed by atoms with Gasteiger partial charge in [0.2, 0.25) is 0 Å². The summed E-state index contributed by atoms with van der Waals surface area (Å²) in [5, 5.41) is 6.88. The van der Waals surface area contributed by atoms with Crippen molar-refractivity contribution in [1.29, 1.82) is 0 Å². The number of H-pyrrole nitrogens is 1. The van der Waals surface area contributed by atoms with Crippen LogP contribution in [-0.4, -0.2) is 4.98 Å². The first-order chi connectivity index (χ1) is 26.1. The molecule has 0 atom stereocenters. The number of rotatable bonds is 5. The molecule has 0 unspecified atom stereocenters. The normalized spacial score (nSPS) is 12.0. The summed E-state index contributed by atoms with van der Waals surface area (Å²) in [6, 6.07) is 54.4. The van der Waals surface area contributed by atoms with E-state index in [1.807, 2.05) is 49.5 Å². The maximum atomic E-state index is 6.30. The van der Waals surface area contributed by atoms with E-state index in [1.165, 1.54) is 58.9 Å². The van der Waals surface area contributed by atoms with Gasteiger partial charge >= 0.3 is 0 Å². The second kappa shape index (κ2) is 13.3. The first kappa shape index (κ1) is 32.5. The van der Waals surface area contributed by atoms with Gasteiger partial charge in [-0.3, -0.25) is 0 Å². The highest BCUT2D eigenvalue weighted by molar-refractivity contribution is 7.25. The zero-order chi connectivity index (χ0) is 36.1. The summed E-state index contributed by atoms with van der Waals surface area (Å²) < 4.78 is 8.94. The van der Waals surface area contributed by atoms with Crippen molar-refractivity contribution >= 4 is 76.4 Å². The number of hydrogen-bond donors (Lipinski definition) is 1. The molecular formula is C50H39NOS. The summed E-state index contributed by atoms with van der Waals surface area (Å²) in [4.78, 5) is 3.75. The summed E-state index contributed by atoms with van der Waals surface area (Å²) in [5.74, 6) is 0. The van der Waals surface area contributed by atoms with Crippen molar-refractivity contribution in [3.05, 3.63) is 181 Å². The number of para-hydroxylation sites is 2. The third kappa shape index (κ3) is 5.40. The molecule has 10 rings (SSSR count). The van der Waals surface area contributed by atoms with Crippen molar-refractivity contribution in [2.75, 3.05) is 0 Å². The lowest BCUT2D eigenvalue weighted by Gasteiger charge is -2.10. The van der Waals surface area contributed by atoms with Crippen molar-refractivity contribution < 1.29 is 5.84 Å². The minimum Gasteiger partial charge on any atom is -0.455 e. The highest BCUT2D eigenvalue weighted by Crippen LogP contribution is 2.41. The van der Waals surface area contributed by atoms with Gasteiger partial charge in [0, 0.05) is 59.6 Å². The van der Waals surface area contributed by atoms with Crippen LogP contribution < -0.4 is 10.6 Å². The van der Waals surface area contributed by atoms with Crippen LogP contribution >= 0.6 is 11.3 Å². The second-order valence-corrected chi connectivity index (χ2v) is 14.2. The Morgan fingerprint density at radius 2 is 1.23 bits per heavy atom. The molecule has 3 aromatic heterocycles. The zero-order valence-electron chi connectivity index (χ0n) is 29.7. The van der Waals surface area contributed by atoms with Gasteiger partial charge in [0.1, 0.15) is 11.0 Å². The van der Waals surface area contributed by atoms with E-state index >= 15 is 0 Å². The molecule has 256 valence electrons. The molecule has 0 amide bonds. The van der Waals surface area contributed by atoms with Crippen molar-refractivity contribution in [3.63, 3.8) is 0 Å². The Morgan fingerprint density at radius 3 is 2.00 bits per heavy atom. The van der Waals surface area contributed by atoms with Gasteiger partial charge in [-0.15, -0.1) is 11.3 Å². The SMILES string of the molecule is C=C/C(c1ccc2[nH]c3c(-c4cccc(-c5cccc(-c6cccc7sc8ccccc8c67)c5)c4)cccc3c2c1)=c1/oc2ccccc2c1=C.CC.[HH]. The summed E-state index contributed by atoms with van der Waals surface area (Å²) in [6.07, 6.45) is 1.87. The van der Waals surface area contributed by atoms with Crippen LogP contribution in [0.1, 0.15) is 20.8 Å². The topological polar surface area (TPSA) is 28.9 Å². The van der Waals surface area contributed by atoms with Gasteiger partial charge in [-0.1, -0.05) is 142 Å². The smallest absolute Gasteiger partial charge is 0.142 e. The summed E-state index contributed by atoms with van der Waals surface area (Å²) in [6.45, 7) is 12.5. The van der Waals surface area contributed by atoms with E-state index < -0.39 is 0 Å². The number of allylic oxidation sites excluding steroid dienone is 1. The van der Waals surface area contributed by atoms with Gasteiger partial charge in [0.15, 0.2) is 0 Å². The Morgan fingerprint density at radius 1 is 0.604 bits per heavy atom. The van der Waals surface area contributed by atoms with E-state index in [0.717, 1.165) is 49.2 Å². The second-order valence-electron chi connectivity index (χ2n) is 13.1. The lowest BCUT2D eigenvalue weighted by molar-refractivity contribution is 0.573. The number of benzene rings is 7. The van der Waals surface area contributed by atoms with Gasteiger partial charge < -0.3 is 9.40 Å². The molecule has 0 saturated heterocycles. The Labute approximate surface area is 313 Å². The average Bonchev–Trinajstić information content (AvgIpc) is 3.90. The van der Waals surface area contributed by atoms with Crippen LogP contribution in [0.5, 0.6) is 0 Å². The Hall–Kier alpha value is -6.42. The molecular weight excluding hydrogens is 663 g/mol. The molecule has 0 aliphatic carbocycles. The summed E-state index contributed by atoms with van der Waals surface area (Å²) >= 11 is 1.86. The van der Waals surface area contributed by atoms with Gasteiger partial charge in [-0.25, -0.2) is 0 Å². The maximum absolute atomic E-state index is 6.30. The molecule has 0 spiro atoms. The minimum atomic E-state index is 0. The molecule has 1 N–H and O–H groups in total. The molecule has 0 radical (unpaired) electrons. The van der Waals surface area contributed by atoms with E-state index in [0.29, 0.717) is 0 Å². The van der Waals surface area contributed by atoms with Gasteiger partial charge in [-0.2, -0.15) is 0 Å². The Balaban J connectivity index is 0.00000136. The van der Waals surface area contributed by atoms with E-state index in [1.54, 1.807) is 0 Å². The molecule has 3 heterocycles. The fraction of sp³-hybridized carbons (Fsp3) is 0.0400. The third-order valence-electron chi connectivity index (χ3n) is 10.2. The van der Waals surface area contributed by atoms with E-state index in [2.05, 4.69) is 152 Å². The Kier molecular flexibility index (Phi) is 8.14.